The highest BCUT2D eigenvalue weighted by molar-refractivity contribution is 5.84. The molecule has 1 aromatic carbocycles. The number of para-hydroxylation sites is 2. The summed E-state index contributed by atoms with van der Waals surface area (Å²) < 4.78 is 46.0. The normalized spacial score (nSPS) is 12.4. The number of carbonyl (C=O) groups is 2. The van der Waals surface area contributed by atoms with Gasteiger partial charge in [0, 0.05) is 0 Å². The number of carboxylic acid groups (broad SMARTS) is 1. The number of ether oxygens (including phenoxy) is 2. The van der Waals surface area contributed by atoms with Gasteiger partial charge in [0.25, 0.3) is 5.91 Å². The van der Waals surface area contributed by atoms with E-state index in [4.69, 9.17) is 9.84 Å². The van der Waals surface area contributed by atoms with Gasteiger partial charge in [-0.2, -0.15) is 13.2 Å². The summed E-state index contributed by atoms with van der Waals surface area (Å²) in [5.41, 5.74) is 0. The number of rotatable bonds is 7. The average molecular weight is 321 g/mol. The van der Waals surface area contributed by atoms with Crippen LogP contribution >= 0.6 is 0 Å². The largest absolute Gasteiger partial charge is 0.480 e. The van der Waals surface area contributed by atoms with Crippen LogP contribution in [0.5, 0.6) is 11.5 Å². The molecular formula is C13H14F3NO5. The molecule has 0 saturated heterocycles. The summed E-state index contributed by atoms with van der Waals surface area (Å²) in [7, 11) is 0. The SMILES string of the molecule is C[C@H](NC(=O)COc1ccccc1OCC(F)(F)F)C(=O)O. The van der Waals surface area contributed by atoms with Crippen LogP contribution in [0.1, 0.15) is 6.92 Å². The Morgan fingerprint density at radius 1 is 1.23 bits per heavy atom. The first-order valence-corrected chi connectivity index (χ1v) is 6.12. The minimum Gasteiger partial charge on any atom is -0.480 e. The standard InChI is InChI=1S/C13H14F3NO5/c1-8(12(19)20)17-11(18)6-21-9-4-2-3-5-10(9)22-7-13(14,15)16/h2-5,8H,6-7H2,1H3,(H,17,18)(H,19,20)/t8-/m0/s1. The van der Waals surface area contributed by atoms with Crippen LogP contribution in [-0.2, 0) is 9.59 Å². The zero-order valence-electron chi connectivity index (χ0n) is 11.5. The minimum absolute atomic E-state index is 0.0510. The third kappa shape index (κ3) is 6.33. The second-order valence-corrected chi connectivity index (χ2v) is 4.27. The van der Waals surface area contributed by atoms with Crippen LogP contribution in [0.4, 0.5) is 13.2 Å². The third-order valence-electron chi connectivity index (χ3n) is 2.35. The van der Waals surface area contributed by atoms with Gasteiger partial charge in [0.1, 0.15) is 6.04 Å². The smallest absolute Gasteiger partial charge is 0.422 e. The van der Waals surface area contributed by atoms with Crippen LogP contribution in [0.25, 0.3) is 0 Å². The lowest BCUT2D eigenvalue weighted by Crippen LogP contribution is -2.40. The van der Waals surface area contributed by atoms with Crippen molar-refractivity contribution < 1.29 is 37.3 Å². The number of carboxylic acids is 1. The fourth-order valence-electron chi connectivity index (χ4n) is 1.34. The second kappa shape index (κ2) is 7.53. The lowest BCUT2D eigenvalue weighted by atomic mass is 10.3. The first kappa shape index (κ1) is 17.6. The molecule has 1 atom stereocenters. The van der Waals surface area contributed by atoms with E-state index in [0.29, 0.717) is 0 Å². The Bertz CT molecular complexity index is 533. The monoisotopic (exact) mass is 321 g/mol. The molecule has 0 heterocycles. The molecule has 1 aromatic rings. The summed E-state index contributed by atoms with van der Waals surface area (Å²) >= 11 is 0. The summed E-state index contributed by atoms with van der Waals surface area (Å²) in [5, 5.41) is 10.8. The van der Waals surface area contributed by atoms with E-state index in [2.05, 4.69) is 10.1 Å². The summed E-state index contributed by atoms with van der Waals surface area (Å²) in [4.78, 5) is 22.0. The molecule has 0 aromatic heterocycles. The highest BCUT2D eigenvalue weighted by Crippen LogP contribution is 2.28. The van der Waals surface area contributed by atoms with Gasteiger partial charge in [-0.3, -0.25) is 9.59 Å². The molecule has 0 aliphatic heterocycles. The van der Waals surface area contributed by atoms with E-state index in [1.165, 1.54) is 31.2 Å². The number of benzene rings is 1. The Morgan fingerprint density at radius 2 is 1.77 bits per heavy atom. The molecular weight excluding hydrogens is 307 g/mol. The van der Waals surface area contributed by atoms with Gasteiger partial charge in [0.15, 0.2) is 24.7 Å². The minimum atomic E-state index is -4.50. The molecule has 122 valence electrons. The zero-order chi connectivity index (χ0) is 16.8. The number of alkyl halides is 3. The predicted octanol–water partition coefficient (Wildman–Crippen LogP) is 1.60. The Labute approximate surface area is 123 Å². The van der Waals surface area contributed by atoms with Crippen molar-refractivity contribution in [2.24, 2.45) is 0 Å². The van der Waals surface area contributed by atoms with E-state index in [1.54, 1.807) is 0 Å². The molecule has 2 N–H and O–H groups in total. The molecule has 0 radical (unpaired) electrons. The van der Waals surface area contributed by atoms with Gasteiger partial charge in [-0.1, -0.05) is 12.1 Å². The van der Waals surface area contributed by atoms with Crippen LogP contribution in [0.15, 0.2) is 24.3 Å². The molecule has 0 aliphatic rings. The molecule has 0 bridgehead atoms. The van der Waals surface area contributed by atoms with Crippen molar-refractivity contribution in [1.82, 2.24) is 5.32 Å². The zero-order valence-corrected chi connectivity index (χ0v) is 11.5. The van der Waals surface area contributed by atoms with E-state index in [-0.39, 0.29) is 11.5 Å². The Morgan fingerprint density at radius 3 is 2.27 bits per heavy atom. The molecule has 6 nitrogen and oxygen atoms in total. The maximum absolute atomic E-state index is 12.1. The van der Waals surface area contributed by atoms with Crippen molar-refractivity contribution in [2.45, 2.75) is 19.1 Å². The molecule has 1 rings (SSSR count). The maximum Gasteiger partial charge on any atom is 0.422 e. The Balaban J connectivity index is 2.59. The van der Waals surface area contributed by atoms with Gasteiger partial charge < -0.3 is 19.9 Å². The summed E-state index contributed by atoms with van der Waals surface area (Å²) in [6, 6.07) is 4.43. The van der Waals surface area contributed by atoms with Crippen LogP contribution in [0.2, 0.25) is 0 Å². The molecule has 1 amide bonds. The van der Waals surface area contributed by atoms with Crippen molar-refractivity contribution in [3.05, 3.63) is 24.3 Å². The van der Waals surface area contributed by atoms with Crippen LogP contribution in [0, 0.1) is 0 Å². The van der Waals surface area contributed by atoms with Crippen molar-refractivity contribution in [1.29, 1.82) is 0 Å². The molecule has 22 heavy (non-hydrogen) atoms. The van der Waals surface area contributed by atoms with E-state index in [9.17, 15) is 22.8 Å². The van der Waals surface area contributed by atoms with Gasteiger partial charge in [-0.05, 0) is 19.1 Å². The third-order valence-corrected chi connectivity index (χ3v) is 2.35. The van der Waals surface area contributed by atoms with Gasteiger partial charge in [0.2, 0.25) is 0 Å². The number of carbonyl (C=O) groups excluding carboxylic acids is 1. The van der Waals surface area contributed by atoms with E-state index in [1.807, 2.05) is 0 Å². The summed E-state index contributed by atoms with van der Waals surface area (Å²) in [6.45, 7) is -0.778. The topological polar surface area (TPSA) is 84.9 Å². The molecule has 0 saturated carbocycles. The van der Waals surface area contributed by atoms with Crippen molar-refractivity contribution in [3.63, 3.8) is 0 Å². The van der Waals surface area contributed by atoms with E-state index < -0.39 is 37.3 Å². The van der Waals surface area contributed by atoms with Crippen molar-refractivity contribution in [2.75, 3.05) is 13.2 Å². The van der Waals surface area contributed by atoms with Crippen molar-refractivity contribution in [3.8, 4) is 11.5 Å². The lowest BCUT2D eigenvalue weighted by Gasteiger charge is -2.14. The fourth-order valence-corrected chi connectivity index (χ4v) is 1.34. The summed E-state index contributed by atoms with van der Waals surface area (Å²) in [5.74, 6) is -2.16. The van der Waals surface area contributed by atoms with Gasteiger partial charge in [-0.25, -0.2) is 0 Å². The number of aliphatic carboxylic acids is 1. The van der Waals surface area contributed by atoms with Crippen LogP contribution in [-0.4, -0.2) is 42.4 Å². The van der Waals surface area contributed by atoms with Crippen LogP contribution in [0.3, 0.4) is 0 Å². The number of halogens is 3. The quantitative estimate of drug-likeness (QED) is 0.797. The highest BCUT2D eigenvalue weighted by Gasteiger charge is 2.29. The van der Waals surface area contributed by atoms with Crippen LogP contribution < -0.4 is 14.8 Å². The maximum atomic E-state index is 12.1. The molecule has 0 unspecified atom stereocenters. The Hall–Kier alpha value is -2.45. The lowest BCUT2D eigenvalue weighted by molar-refractivity contribution is -0.153. The van der Waals surface area contributed by atoms with E-state index >= 15 is 0 Å². The second-order valence-electron chi connectivity index (χ2n) is 4.27. The number of hydrogen-bond acceptors (Lipinski definition) is 4. The molecule has 0 aliphatic carbocycles. The van der Waals surface area contributed by atoms with Crippen molar-refractivity contribution >= 4 is 11.9 Å². The summed E-state index contributed by atoms with van der Waals surface area (Å²) in [6.07, 6.45) is -4.50. The van der Waals surface area contributed by atoms with Gasteiger partial charge in [0.05, 0.1) is 0 Å². The molecule has 0 fully saturated rings. The Kier molecular flexibility index (Phi) is 6.02. The highest BCUT2D eigenvalue weighted by atomic mass is 19.4. The predicted molar refractivity (Wildman–Crippen MR) is 68.7 cm³/mol. The van der Waals surface area contributed by atoms with Gasteiger partial charge >= 0.3 is 12.1 Å². The van der Waals surface area contributed by atoms with Gasteiger partial charge in [-0.15, -0.1) is 0 Å². The first-order valence-electron chi connectivity index (χ1n) is 6.12. The first-order chi connectivity index (χ1) is 10.2. The number of nitrogens with one attached hydrogen (secondary N) is 1. The van der Waals surface area contributed by atoms with E-state index in [0.717, 1.165) is 0 Å². The number of amides is 1. The molecule has 9 heteroatoms. The number of hydrogen-bond donors (Lipinski definition) is 2. The molecule has 0 spiro atoms. The fraction of sp³-hybridized carbons (Fsp3) is 0.385. The average Bonchev–Trinajstić information content (AvgIpc) is 2.42.